The van der Waals surface area contributed by atoms with Crippen molar-refractivity contribution in [2.24, 2.45) is 0 Å². The number of aryl methyl sites for hydroxylation is 3. The normalized spacial score (nSPS) is 13.5. The average molecular weight is 365 g/mol. The van der Waals surface area contributed by atoms with Crippen molar-refractivity contribution in [1.82, 2.24) is 10.2 Å². The molecule has 0 spiro atoms. The third kappa shape index (κ3) is 5.66. The summed E-state index contributed by atoms with van der Waals surface area (Å²) in [6, 6.07) is 14.1. The summed E-state index contributed by atoms with van der Waals surface area (Å²) < 4.78 is 0. The maximum atomic E-state index is 12.4. The van der Waals surface area contributed by atoms with E-state index in [1.54, 1.807) is 0 Å². The smallest absolute Gasteiger partial charge is 0.307 e. The minimum Gasteiger partial charge on any atom is -0.307 e. The molecule has 2 N–H and O–H groups in total. The van der Waals surface area contributed by atoms with Crippen molar-refractivity contribution >= 4 is 17.6 Å². The van der Waals surface area contributed by atoms with Gasteiger partial charge in [0.05, 0.1) is 6.54 Å². The summed E-state index contributed by atoms with van der Waals surface area (Å²) in [6.07, 6.45) is 2.21. The first-order chi connectivity index (χ1) is 12.9. The van der Waals surface area contributed by atoms with Crippen LogP contribution in [0.1, 0.15) is 35.1 Å². The fourth-order valence-corrected chi connectivity index (χ4v) is 3.14. The van der Waals surface area contributed by atoms with Gasteiger partial charge in [0.1, 0.15) is 0 Å². The minimum atomic E-state index is -0.488. The second kappa shape index (κ2) is 8.35. The van der Waals surface area contributed by atoms with Gasteiger partial charge in [-0.2, -0.15) is 0 Å². The van der Waals surface area contributed by atoms with Crippen LogP contribution in [0.5, 0.6) is 0 Å². The number of imide groups is 1. The highest BCUT2D eigenvalue weighted by Crippen LogP contribution is 2.28. The number of urea groups is 1. The number of hydrogen-bond donors (Lipinski definition) is 2. The minimum absolute atomic E-state index is 0.221. The SMILES string of the molecule is Cc1ccc(CN(CC(=O)NC(=O)Nc2ccc(C)cc2C)C2CC2)cc1. The first-order valence-electron chi connectivity index (χ1n) is 9.38. The summed E-state index contributed by atoms with van der Waals surface area (Å²) in [5.41, 5.74) is 5.21. The van der Waals surface area contributed by atoms with Gasteiger partial charge in [0.25, 0.3) is 0 Å². The van der Waals surface area contributed by atoms with Crippen LogP contribution < -0.4 is 10.6 Å². The highest BCUT2D eigenvalue weighted by molar-refractivity contribution is 6.02. The van der Waals surface area contributed by atoms with Crippen LogP contribution in [-0.4, -0.2) is 29.4 Å². The van der Waals surface area contributed by atoms with Gasteiger partial charge in [-0.25, -0.2) is 4.79 Å². The van der Waals surface area contributed by atoms with Crippen molar-refractivity contribution in [3.8, 4) is 0 Å². The number of amides is 3. The second-order valence-corrected chi connectivity index (χ2v) is 7.44. The fraction of sp³-hybridized carbons (Fsp3) is 0.364. The lowest BCUT2D eigenvalue weighted by Gasteiger charge is -2.21. The molecule has 5 nitrogen and oxygen atoms in total. The van der Waals surface area contributed by atoms with Crippen LogP contribution in [0.15, 0.2) is 42.5 Å². The van der Waals surface area contributed by atoms with E-state index in [4.69, 9.17) is 0 Å². The molecular formula is C22H27N3O2. The van der Waals surface area contributed by atoms with E-state index in [0.29, 0.717) is 11.7 Å². The lowest BCUT2D eigenvalue weighted by molar-refractivity contribution is -0.121. The zero-order chi connectivity index (χ0) is 19.4. The molecule has 0 aromatic heterocycles. The Morgan fingerprint density at radius 1 is 1.00 bits per heavy atom. The van der Waals surface area contributed by atoms with Gasteiger partial charge in [0.15, 0.2) is 0 Å². The van der Waals surface area contributed by atoms with Crippen molar-refractivity contribution in [3.05, 3.63) is 64.7 Å². The zero-order valence-corrected chi connectivity index (χ0v) is 16.2. The molecule has 0 unspecified atom stereocenters. The molecule has 1 saturated carbocycles. The Kier molecular flexibility index (Phi) is 5.91. The monoisotopic (exact) mass is 365 g/mol. The fourth-order valence-electron chi connectivity index (χ4n) is 3.14. The van der Waals surface area contributed by atoms with Crippen LogP contribution in [0.2, 0.25) is 0 Å². The van der Waals surface area contributed by atoms with E-state index >= 15 is 0 Å². The van der Waals surface area contributed by atoms with E-state index in [1.165, 1.54) is 11.1 Å². The Balaban J connectivity index is 1.54. The van der Waals surface area contributed by atoms with Gasteiger partial charge in [0.2, 0.25) is 5.91 Å². The van der Waals surface area contributed by atoms with Crippen molar-refractivity contribution in [2.45, 2.75) is 46.2 Å². The van der Waals surface area contributed by atoms with Crippen molar-refractivity contribution in [3.63, 3.8) is 0 Å². The first kappa shape index (κ1) is 19.1. The molecule has 3 rings (SSSR count). The molecule has 0 heterocycles. The molecule has 27 heavy (non-hydrogen) atoms. The Morgan fingerprint density at radius 3 is 2.30 bits per heavy atom. The van der Waals surface area contributed by atoms with Crippen LogP contribution in [0.4, 0.5) is 10.5 Å². The summed E-state index contributed by atoms with van der Waals surface area (Å²) in [7, 11) is 0. The molecule has 0 saturated heterocycles. The number of nitrogens with one attached hydrogen (secondary N) is 2. The summed E-state index contributed by atoms with van der Waals surface area (Å²) in [6.45, 7) is 6.93. The zero-order valence-electron chi connectivity index (χ0n) is 16.2. The standard InChI is InChI=1S/C22H27N3O2/c1-15-4-7-18(8-5-15)13-25(19-9-10-19)14-21(26)24-22(27)23-20-11-6-16(2)12-17(20)3/h4-8,11-12,19H,9-10,13-14H2,1-3H3,(H2,23,24,26,27). The van der Waals surface area contributed by atoms with Crippen LogP contribution >= 0.6 is 0 Å². The molecule has 2 aromatic rings. The Bertz CT molecular complexity index is 826. The number of benzene rings is 2. The Hall–Kier alpha value is -2.66. The van der Waals surface area contributed by atoms with E-state index in [0.717, 1.165) is 30.5 Å². The lowest BCUT2D eigenvalue weighted by atomic mass is 10.1. The number of carbonyl (C=O) groups excluding carboxylic acids is 2. The molecule has 0 radical (unpaired) electrons. The number of hydrogen-bond acceptors (Lipinski definition) is 3. The van der Waals surface area contributed by atoms with Crippen LogP contribution in [0.25, 0.3) is 0 Å². The van der Waals surface area contributed by atoms with Crippen LogP contribution in [0.3, 0.4) is 0 Å². The number of anilines is 1. The quantitative estimate of drug-likeness (QED) is 0.815. The molecule has 0 bridgehead atoms. The molecular weight excluding hydrogens is 338 g/mol. The Labute approximate surface area is 160 Å². The molecule has 5 heteroatoms. The van der Waals surface area contributed by atoms with Crippen molar-refractivity contribution in [1.29, 1.82) is 0 Å². The largest absolute Gasteiger partial charge is 0.325 e. The second-order valence-electron chi connectivity index (χ2n) is 7.44. The van der Waals surface area contributed by atoms with Gasteiger partial charge < -0.3 is 5.32 Å². The van der Waals surface area contributed by atoms with Gasteiger partial charge in [-0.3, -0.25) is 15.0 Å². The Morgan fingerprint density at radius 2 is 1.67 bits per heavy atom. The molecule has 142 valence electrons. The molecule has 0 atom stereocenters. The van der Waals surface area contributed by atoms with Crippen molar-refractivity contribution in [2.75, 3.05) is 11.9 Å². The third-order valence-electron chi connectivity index (χ3n) is 4.80. The highest BCUT2D eigenvalue weighted by atomic mass is 16.2. The number of carbonyl (C=O) groups is 2. The van der Waals surface area contributed by atoms with E-state index in [9.17, 15) is 9.59 Å². The third-order valence-corrected chi connectivity index (χ3v) is 4.80. The predicted molar refractivity (Wildman–Crippen MR) is 108 cm³/mol. The average Bonchev–Trinajstić information content (AvgIpc) is 3.44. The maximum absolute atomic E-state index is 12.4. The van der Waals surface area contributed by atoms with Crippen LogP contribution in [0, 0.1) is 20.8 Å². The summed E-state index contributed by atoms with van der Waals surface area (Å²) >= 11 is 0. The van der Waals surface area contributed by atoms with Gasteiger partial charge in [-0.05, 0) is 50.8 Å². The summed E-state index contributed by atoms with van der Waals surface area (Å²) in [5, 5.41) is 5.20. The van der Waals surface area contributed by atoms with E-state index < -0.39 is 6.03 Å². The molecule has 2 aromatic carbocycles. The van der Waals surface area contributed by atoms with Crippen LogP contribution in [-0.2, 0) is 11.3 Å². The van der Waals surface area contributed by atoms with Gasteiger partial charge >= 0.3 is 6.03 Å². The van der Waals surface area contributed by atoms with Crippen molar-refractivity contribution < 1.29 is 9.59 Å². The predicted octanol–water partition coefficient (Wildman–Crippen LogP) is 3.92. The molecule has 0 aliphatic heterocycles. The molecule has 1 aliphatic carbocycles. The first-order valence-corrected chi connectivity index (χ1v) is 9.38. The lowest BCUT2D eigenvalue weighted by Crippen LogP contribution is -2.42. The van der Waals surface area contributed by atoms with Gasteiger partial charge in [-0.15, -0.1) is 0 Å². The van der Waals surface area contributed by atoms with Gasteiger partial charge in [-0.1, -0.05) is 47.5 Å². The molecule has 1 fully saturated rings. The number of nitrogens with zero attached hydrogens (tertiary/aromatic N) is 1. The summed E-state index contributed by atoms with van der Waals surface area (Å²) in [5.74, 6) is -0.281. The van der Waals surface area contributed by atoms with Gasteiger partial charge in [0, 0.05) is 18.3 Å². The molecule has 1 aliphatic rings. The van der Waals surface area contributed by atoms with E-state index in [2.05, 4.69) is 46.7 Å². The van der Waals surface area contributed by atoms with E-state index in [-0.39, 0.29) is 12.5 Å². The maximum Gasteiger partial charge on any atom is 0.325 e. The topological polar surface area (TPSA) is 61.4 Å². The summed E-state index contributed by atoms with van der Waals surface area (Å²) in [4.78, 5) is 26.7. The van der Waals surface area contributed by atoms with E-state index in [1.807, 2.05) is 32.0 Å². The number of rotatable bonds is 6. The highest BCUT2D eigenvalue weighted by Gasteiger charge is 2.30. The molecule has 3 amide bonds.